The average molecular weight is 431 g/mol. The number of hydrogen-bond donors (Lipinski definition) is 1. The average Bonchev–Trinajstić information content (AvgIpc) is 2.74. The molecule has 0 aliphatic carbocycles. The van der Waals surface area contributed by atoms with E-state index in [1.54, 1.807) is 12.1 Å². The Kier molecular flexibility index (Phi) is 5.28. The molecule has 0 fully saturated rings. The number of hydrogen-bond acceptors (Lipinski definition) is 5. The number of nitrogens with zero attached hydrogens (tertiary/aromatic N) is 4. The van der Waals surface area contributed by atoms with Crippen molar-refractivity contribution in [2.45, 2.75) is 6.18 Å². The quantitative estimate of drug-likeness (QED) is 0.409. The molecule has 31 heavy (non-hydrogen) atoms. The molecule has 0 saturated carbocycles. The highest BCUT2D eigenvalue weighted by atomic mass is 19.4. The third-order valence-corrected chi connectivity index (χ3v) is 4.22. The van der Waals surface area contributed by atoms with Crippen LogP contribution in [0.3, 0.4) is 0 Å². The fourth-order valence-electron chi connectivity index (χ4n) is 2.84. The molecule has 0 amide bonds. The first kappa shape index (κ1) is 20.3. The molecule has 2 aromatic carbocycles. The zero-order valence-electron chi connectivity index (χ0n) is 15.5. The molecular weight excluding hydrogens is 417 g/mol. The second kappa shape index (κ2) is 8.05. The first-order valence-corrected chi connectivity index (χ1v) is 8.87. The summed E-state index contributed by atoms with van der Waals surface area (Å²) < 4.78 is 67.2. The lowest BCUT2D eigenvalue weighted by Gasteiger charge is -2.12. The molecule has 0 bridgehead atoms. The van der Waals surface area contributed by atoms with Crippen molar-refractivity contribution in [3.05, 3.63) is 84.2 Å². The van der Waals surface area contributed by atoms with E-state index in [2.05, 4.69) is 25.5 Å². The van der Waals surface area contributed by atoms with Crippen LogP contribution in [0.1, 0.15) is 7.12 Å². The predicted octanol–water partition coefficient (Wildman–Crippen LogP) is 5.89. The number of nitrogens with one attached hydrogen (secondary N) is 1. The molecule has 4 rings (SSSR count). The normalized spacial score (nSPS) is 11.4. The zero-order chi connectivity index (χ0) is 22.0. The fourth-order valence-corrected chi connectivity index (χ4v) is 2.84. The minimum absolute atomic E-state index is 0. The SMILES string of the molecule is Fc1cccc(Nc2nnc(-c3ccnc(C(F)(F)F)c3)c(-c3ccccc3F)n2)c1.[HH]. The van der Waals surface area contributed by atoms with Crippen molar-refractivity contribution in [1.82, 2.24) is 20.2 Å². The highest BCUT2D eigenvalue weighted by Gasteiger charge is 2.33. The fraction of sp³-hybridized carbons (Fsp3) is 0.0476. The van der Waals surface area contributed by atoms with Crippen LogP contribution in [0.5, 0.6) is 0 Å². The number of pyridine rings is 1. The van der Waals surface area contributed by atoms with Crippen molar-refractivity contribution in [1.29, 1.82) is 0 Å². The van der Waals surface area contributed by atoms with Crippen molar-refractivity contribution in [2.24, 2.45) is 0 Å². The summed E-state index contributed by atoms with van der Waals surface area (Å²) in [6, 6.07) is 13.2. The van der Waals surface area contributed by atoms with Gasteiger partial charge in [0.1, 0.15) is 28.7 Å². The van der Waals surface area contributed by atoms with Gasteiger partial charge >= 0.3 is 6.18 Å². The topological polar surface area (TPSA) is 63.6 Å². The first-order valence-electron chi connectivity index (χ1n) is 8.87. The van der Waals surface area contributed by atoms with Crippen LogP contribution in [-0.4, -0.2) is 20.2 Å². The van der Waals surface area contributed by atoms with Gasteiger partial charge in [-0.25, -0.2) is 13.8 Å². The van der Waals surface area contributed by atoms with Crippen LogP contribution in [0.4, 0.5) is 33.6 Å². The Bertz CT molecular complexity index is 1250. The summed E-state index contributed by atoms with van der Waals surface area (Å²) in [6.07, 6.45) is -3.70. The van der Waals surface area contributed by atoms with E-state index in [9.17, 15) is 22.0 Å². The molecule has 0 unspecified atom stereocenters. The summed E-state index contributed by atoms with van der Waals surface area (Å²) in [5.74, 6) is -1.23. The van der Waals surface area contributed by atoms with E-state index in [4.69, 9.17) is 0 Å². The van der Waals surface area contributed by atoms with Gasteiger partial charge in [0.05, 0.1) is 0 Å². The molecule has 158 valence electrons. The lowest BCUT2D eigenvalue weighted by Crippen LogP contribution is -2.08. The molecule has 2 aromatic heterocycles. The van der Waals surface area contributed by atoms with Crippen LogP contribution >= 0.6 is 0 Å². The Labute approximate surface area is 174 Å². The summed E-state index contributed by atoms with van der Waals surface area (Å²) in [4.78, 5) is 7.57. The van der Waals surface area contributed by atoms with Crippen LogP contribution < -0.4 is 5.32 Å². The maximum Gasteiger partial charge on any atom is 0.433 e. The Morgan fingerprint density at radius 1 is 0.839 bits per heavy atom. The van der Waals surface area contributed by atoms with Crippen LogP contribution in [0.15, 0.2) is 66.9 Å². The van der Waals surface area contributed by atoms with E-state index in [-0.39, 0.29) is 29.9 Å². The summed E-state index contributed by atoms with van der Waals surface area (Å²) in [5.41, 5.74) is -0.891. The van der Waals surface area contributed by atoms with Crippen LogP contribution in [0.2, 0.25) is 0 Å². The largest absolute Gasteiger partial charge is 0.433 e. The van der Waals surface area contributed by atoms with Crippen LogP contribution in [0, 0.1) is 11.6 Å². The second-order valence-corrected chi connectivity index (χ2v) is 6.38. The lowest BCUT2D eigenvalue weighted by atomic mass is 10.0. The van der Waals surface area contributed by atoms with Crippen molar-refractivity contribution in [3.8, 4) is 22.5 Å². The molecule has 4 aromatic rings. The van der Waals surface area contributed by atoms with Crippen molar-refractivity contribution < 1.29 is 23.4 Å². The predicted molar refractivity (Wildman–Crippen MR) is 105 cm³/mol. The molecule has 1 N–H and O–H groups in total. The van der Waals surface area contributed by atoms with E-state index >= 15 is 0 Å². The number of anilines is 2. The maximum absolute atomic E-state index is 14.5. The molecule has 0 saturated heterocycles. The van der Waals surface area contributed by atoms with Gasteiger partial charge in [-0.15, -0.1) is 10.2 Å². The third kappa shape index (κ3) is 4.47. The Hall–Kier alpha value is -3.95. The van der Waals surface area contributed by atoms with Gasteiger partial charge in [-0.1, -0.05) is 18.2 Å². The van der Waals surface area contributed by atoms with Gasteiger partial charge in [0.2, 0.25) is 5.95 Å². The van der Waals surface area contributed by atoms with E-state index in [0.29, 0.717) is 5.69 Å². The minimum Gasteiger partial charge on any atom is -0.323 e. The van der Waals surface area contributed by atoms with E-state index in [0.717, 1.165) is 12.3 Å². The highest BCUT2D eigenvalue weighted by molar-refractivity contribution is 5.78. The van der Waals surface area contributed by atoms with Crippen molar-refractivity contribution >= 4 is 11.6 Å². The van der Waals surface area contributed by atoms with Gasteiger partial charge in [0.25, 0.3) is 0 Å². The van der Waals surface area contributed by atoms with Gasteiger partial charge in [-0.05, 0) is 42.5 Å². The van der Waals surface area contributed by atoms with Gasteiger partial charge < -0.3 is 5.32 Å². The van der Waals surface area contributed by atoms with Crippen LogP contribution in [-0.2, 0) is 6.18 Å². The minimum atomic E-state index is -4.67. The zero-order valence-corrected chi connectivity index (χ0v) is 15.5. The number of rotatable bonds is 4. The van der Waals surface area contributed by atoms with Crippen molar-refractivity contribution in [2.75, 3.05) is 5.32 Å². The number of benzene rings is 2. The Balaban J connectivity index is 0.00000289. The van der Waals surface area contributed by atoms with Gasteiger partial charge in [-0.3, -0.25) is 4.98 Å². The highest BCUT2D eigenvalue weighted by Crippen LogP contribution is 2.34. The molecule has 0 aliphatic rings. The molecule has 5 nitrogen and oxygen atoms in total. The first-order chi connectivity index (χ1) is 14.8. The van der Waals surface area contributed by atoms with Gasteiger partial charge in [0.15, 0.2) is 0 Å². The molecule has 0 aliphatic heterocycles. The Morgan fingerprint density at radius 2 is 1.65 bits per heavy atom. The van der Waals surface area contributed by atoms with Gasteiger partial charge in [0, 0.05) is 24.4 Å². The summed E-state index contributed by atoms with van der Waals surface area (Å²) >= 11 is 0. The third-order valence-electron chi connectivity index (χ3n) is 4.22. The van der Waals surface area contributed by atoms with E-state index in [1.807, 2.05) is 0 Å². The Morgan fingerprint density at radius 3 is 2.39 bits per heavy atom. The van der Waals surface area contributed by atoms with E-state index in [1.165, 1.54) is 42.5 Å². The van der Waals surface area contributed by atoms with Crippen molar-refractivity contribution in [3.63, 3.8) is 0 Å². The molecule has 10 heteroatoms. The number of alkyl halides is 3. The maximum atomic E-state index is 14.5. The molecule has 0 spiro atoms. The molecular formula is C21H14F5N5. The second-order valence-electron chi connectivity index (χ2n) is 6.38. The molecule has 0 radical (unpaired) electrons. The summed E-state index contributed by atoms with van der Waals surface area (Å²) in [6.45, 7) is 0. The summed E-state index contributed by atoms with van der Waals surface area (Å²) in [7, 11) is 0. The monoisotopic (exact) mass is 431 g/mol. The number of halogens is 5. The molecule has 0 atom stereocenters. The number of aromatic nitrogens is 4. The summed E-state index contributed by atoms with van der Waals surface area (Å²) in [5, 5.41) is 10.6. The van der Waals surface area contributed by atoms with E-state index < -0.39 is 23.5 Å². The standard InChI is InChI=1S/C21H12F5N5.H2/c22-13-4-3-5-14(11-13)28-20-29-19(15-6-1-2-7-16(15)23)18(30-31-20)12-8-9-27-17(10-12)21(24,25)26;/h1-11H,(H,28,29,31);1H. The van der Waals surface area contributed by atoms with Crippen LogP contribution in [0.25, 0.3) is 22.5 Å². The molecule has 2 heterocycles. The lowest BCUT2D eigenvalue weighted by molar-refractivity contribution is -0.141. The van der Waals surface area contributed by atoms with Gasteiger partial charge in [-0.2, -0.15) is 13.2 Å². The smallest absolute Gasteiger partial charge is 0.323 e.